The Labute approximate surface area is 172 Å². The number of nitrogens with zero attached hydrogens (tertiary/aromatic N) is 1. The van der Waals surface area contributed by atoms with E-state index in [1.165, 1.54) is 18.3 Å². The van der Waals surface area contributed by atoms with Crippen molar-refractivity contribution < 1.29 is 23.5 Å². The van der Waals surface area contributed by atoms with Crippen LogP contribution in [0.1, 0.15) is 25.7 Å². The van der Waals surface area contributed by atoms with Crippen LogP contribution in [0.3, 0.4) is 0 Å². The van der Waals surface area contributed by atoms with Gasteiger partial charge < -0.3 is 14.8 Å². The summed E-state index contributed by atoms with van der Waals surface area (Å²) in [6, 6.07) is 6.29. The van der Waals surface area contributed by atoms with Crippen LogP contribution in [0.2, 0.25) is 5.02 Å². The summed E-state index contributed by atoms with van der Waals surface area (Å²) in [5.41, 5.74) is -0.0743. The third-order valence-electron chi connectivity index (χ3n) is 4.73. The zero-order valence-corrected chi connectivity index (χ0v) is 16.5. The van der Waals surface area contributed by atoms with E-state index in [-0.39, 0.29) is 35.2 Å². The van der Waals surface area contributed by atoms with Crippen LogP contribution < -0.4 is 15.4 Å². The van der Waals surface area contributed by atoms with Crippen LogP contribution in [0.15, 0.2) is 36.5 Å². The molecule has 1 aliphatic carbocycles. The number of rotatable bonds is 5. The first-order valence-corrected chi connectivity index (χ1v) is 9.56. The molecule has 0 atom stereocenters. The summed E-state index contributed by atoms with van der Waals surface area (Å²) < 4.78 is 25.0. The van der Waals surface area contributed by atoms with Gasteiger partial charge in [-0.25, -0.2) is 14.2 Å². The van der Waals surface area contributed by atoms with Crippen LogP contribution in [-0.2, 0) is 9.53 Å². The van der Waals surface area contributed by atoms with E-state index >= 15 is 0 Å². The third kappa shape index (κ3) is 5.88. The fraction of sp³-hybridized carbons (Fsp3) is 0.350. The second kappa shape index (κ2) is 9.67. The van der Waals surface area contributed by atoms with E-state index in [0.717, 1.165) is 18.9 Å². The maximum absolute atomic E-state index is 14.3. The van der Waals surface area contributed by atoms with Gasteiger partial charge in [0.1, 0.15) is 11.6 Å². The second-order valence-corrected chi connectivity index (χ2v) is 7.15. The van der Waals surface area contributed by atoms with Gasteiger partial charge in [0.15, 0.2) is 0 Å². The van der Waals surface area contributed by atoms with E-state index in [0.29, 0.717) is 17.9 Å². The lowest BCUT2D eigenvalue weighted by Crippen LogP contribution is -2.40. The molecule has 29 heavy (non-hydrogen) atoms. The largest absolute Gasteiger partial charge is 0.439 e. The Morgan fingerprint density at radius 1 is 1.17 bits per heavy atom. The molecule has 7 nitrogen and oxygen atoms in total. The molecule has 2 aromatic rings. The lowest BCUT2D eigenvalue weighted by atomic mass is 9.87. The Bertz CT molecular complexity index is 871. The van der Waals surface area contributed by atoms with Crippen LogP contribution >= 0.6 is 11.6 Å². The smallest absolute Gasteiger partial charge is 0.325 e. The minimum Gasteiger partial charge on any atom is -0.439 e. The number of hydrogen-bond donors (Lipinski definition) is 2. The summed E-state index contributed by atoms with van der Waals surface area (Å²) in [7, 11) is 1.65. The van der Waals surface area contributed by atoms with Crippen molar-refractivity contribution in [3.8, 4) is 11.6 Å². The number of ether oxygens (including phenoxy) is 2. The van der Waals surface area contributed by atoms with Crippen LogP contribution in [-0.4, -0.2) is 30.1 Å². The fourth-order valence-electron chi connectivity index (χ4n) is 3.13. The number of urea groups is 1. The van der Waals surface area contributed by atoms with Gasteiger partial charge in [-0.15, -0.1) is 0 Å². The van der Waals surface area contributed by atoms with Gasteiger partial charge in [-0.05, 0) is 43.9 Å². The van der Waals surface area contributed by atoms with Crippen molar-refractivity contribution >= 4 is 29.2 Å². The molecule has 0 radical (unpaired) electrons. The highest BCUT2D eigenvalue weighted by molar-refractivity contribution is 6.30. The normalized spacial score (nSPS) is 18.7. The predicted molar refractivity (Wildman–Crippen MR) is 106 cm³/mol. The lowest BCUT2D eigenvalue weighted by Gasteiger charge is -2.26. The number of carbonyl (C=O) groups is 2. The second-order valence-electron chi connectivity index (χ2n) is 6.71. The topological polar surface area (TPSA) is 89.5 Å². The van der Waals surface area contributed by atoms with Crippen molar-refractivity contribution in [1.29, 1.82) is 0 Å². The Morgan fingerprint density at radius 2 is 1.93 bits per heavy atom. The van der Waals surface area contributed by atoms with Crippen molar-refractivity contribution in [2.24, 2.45) is 5.92 Å². The van der Waals surface area contributed by atoms with E-state index in [4.69, 9.17) is 21.1 Å². The molecule has 1 fully saturated rings. The van der Waals surface area contributed by atoms with Crippen molar-refractivity contribution in [2.45, 2.75) is 31.8 Å². The summed E-state index contributed by atoms with van der Waals surface area (Å²) in [5.74, 6) is -0.874. The summed E-state index contributed by atoms with van der Waals surface area (Å²) in [6.07, 6.45) is 4.41. The van der Waals surface area contributed by atoms with Crippen LogP contribution in [0.25, 0.3) is 0 Å². The maximum Gasteiger partial charge on any atom is 0.325 e. The maximum atomic E-state index is 14.3. The summed E-state index contributed by atoms with van der Waals surface area (Å²) >= 11 is 5.75. The molecular weight excluding hydrogens is 401 g/mol. The number of nitrogens with one attached hydrogen (secondary N) is 2. The molecule has 1 saturated carbocycles. The molecule has 2 N–H and O–H groups in total. The highest BCUT2D eigenvalue weighted by Crippen LogP contribution is 2.27. The Morgan fingerprint density at radius 3 is 2.55 bits per heavy atom. The van der Waals surface area contributed by atoms with Gasteiger partial charge >= 0.3 is 6.03 Å². The zero-order valence-electron chi connectivity index (χ0n) is 15.8. The average molecular weight is 422 g/mol. The number of methoxy groups -OCH3 is 1. The molecule has 0 unspecified atom stereocenters. The van der Waals surface area contributed by atoms with E-state index in [1.807, 2.05) is 0 Å². The first-order chi connectivity index (χ1) is 13.9. The highest BCUT2D eigenvalue weighted by Gasteiger charge is 2.27. The van der Waals surface area contributed by atoms with E-state index in [9.17, 15) is 14.0 Å². The third-order valence-corrected chi connectivity index (χ3v) is 4.95. The summed E-state index contributed by atoms with van der Waals surface area (Å²) in [4.78, 5) is 28.2. The first-order valence-electron chi connectivity index (χ1n) is 9.18. The summed E-state index contributed by atoms with van der Waals surface area (Å²) in [6.45, 7) is 0. The molecular formula is C20H21ClFN3O4. The predicted octanol–water partition coefficient (Wildman–Crippen LogP) is 4.52. The summed E-state index contributed by atoms with van der Waals surface area (Å²) in [5, 5.41) is 5.06. The molecule has 0 spiro atoms. The number of halogens is 2. The zero-order chi connectivity index (χ0) is 20.8. The van der Waals surface area contributed by atoms with Gasteiger partial charge in [-0.3, -0.25) is 10.1 Å². The molecule has 1 heterocycles. The SMILES string of the molecule is COC1CCC(C(=O)NC(=O)Nc2ccc(Oc3ccc(Cl)cn3)cc2F)CC1. The monoisotopic (exact) mass is 421 g/mol. The molecule has 3 amide bonds. The molecule has 9 heteroatoms. The number of pyridine rings is 1. The standard InChI is InChI=1S/C20H21ClFN3O4/c1-28-14-5-2-12(3-6-14)19(26)25-20(27)24-17-8-7-15(10-16(17)22)29-18-9-4-13(21)11-23-18/h4,7-12,14H,2-3,5-6H2,1H3,(H2,24,25,26,27). The van der Waals surface area contributed by atoms with E-state index in [2.05, 4.69) is 15.6 Å². The van der Waals surface area contributed by atoms with Crippen molar-refractivity contribution in [1.82, 2.24) is 10.3 Å². The van der Waals surface area contributed by atoms with Crippen LogP contribution in [0.4, 0.5) is 14.9 Å². The Kier molecular flexibility index (Phi) is 7.00. The number of anilines is 1. The van der Waals surface area contributed by atoms with E-state index < -0.39 is 11.8 Å². The van der Waals surface area contributed by atoms with Gasteiger partial charge in [-0.2, -0.15) is 0 Å². The fourth-order valence-corrected chi connectivity index (χ4v) is 3.24. The van der Waals surface area contributed by atoms with Gasteiger partial charge in [0.05, 0.1) is 16.8 Å². The molecule has 0 bridgehead atoms. The van der Waals surface area contributed by atoms with Crippen molar-refractivity contribution in [2.75, 3.05) is 12.4 Å². The molecule has 0 saturated heterocycles. The number of aromatic nitrogens is 1. The highest BCUT2D eigenvalue weighted by atomic mass is 35.5. The van der Waals surface area contributed by atoms with Crippen LogP contribution in [0, 0.1) is 11.7 Å². The Balaban J connectivity index is 1.53. The Hall–Kier alpha value is -2.71. The molecule has 1 aliphatic rings. The first kappa shape index (κ1) is 21.0. The number of imide groups is 1. The molecule has 1 aromatic carbocycles. The van der Waals surface area contributed by atoms with Gasteiger partial charge in [0, 0.05) is 31.4 Å². The molecule has 154 valence electrons. The van der Waals surface area contributed by atoms with Crippen molar-refractivity contribution in [3.63, 3.8) is 0 Å². The van der Waals surface area contributed by atoms with E-state index in [1.54, 1.807) is 19.2 Å². The number of carbonyl (C=O) groups excluding carboxylic acids is 2. The quantitative estimate of drug-likeness (QED) is 0.740. The van der Waals surface area contributed by atoms with Gasteiger partial charge in [0.2, 0.25) is 11.8 Å². The number of benzene rings is 1. The lowest BCUT2D eigenvalue weighted by molar-refractivity contribution is -0.125. The van der Waals surface area contributed by atoms with Crippen LogP contribution in [0.5, 0.6) is 11.6 Å². The average Bonchev–Trinajstić information content (AvgIpc) is 2.72. The van der Waals surface area contributed by atoms with Gasteiger partial charge in [-0.1, -0.05) is 11.6 Å². The minimum absolute atomic E-state index is 0.0743. The number of hydrogen-bond acceptors (Lipinski definition) is 5. The van der Waals surface area contributed by atoms with Gasteiger partial charge in [0.25, 0.3) is 0 Å². The number of amides is 3. The molecule has 3 rings (SSSR count). The molecule has 0 aliphatic heterocycles. The minimum atomic E-state index is -0.782. The van der Waals surface area contributed by atoms with Crippen molar-refractivity contribution in [3.05, 3.63) is 47.4 Å². The molecule has 1 aromatic heterocycles.